The van der Waals surface area contributed by atoms with Gasteiger partial charge in [-0.15, -0.1) is 0 Å². The number of amides is 3. The van der Waals surface area contributed by atoms with Gasteiger partial charge >= 0.3 is 0 Å². The van der Waals surface area contributed by atoms with Crippen molar-refractivity contribution in [3.8, 4) is 0 Å². The van der Waals surface area contributed by atoms with Gasteiger partial charge in [0, 0.05) is 12.7 Å². The van der Waals surface area contributed by atoms with E-state index in [0.29, 0.717) is 16.8 Å². The highest BCUT2D eigenvalue weighted by atomic mass is 16.2. The summed E-state index contributed by atoms with van der Waals surface area (Å²) in [7, 11) is 1.43. The second-order valence-corrected chi connectivity index (χ2v) is 6.26. The molecule has 0 fully saturated rings. The van der Waals surface area contributed by atoms with Crippen LogP contribution < -0.4 is 11.1 Å². The van der Waals surface area contributed by atoms with Crippen molar-refractivity contribution in [2.45, 2.75) is 26.8 Å². The number of imide groups is 1. The van der Waals surface area contributed by atoms with E-state index in [4.69, 9.17) is 5.73 Å². The summed E-state index contributed by atoms with van der Waals surface area (Å²) < 4.78 is 0. The molecule has 1 aromatic carbocycles. The molecule has 0 saturated carbocycles. The SMILES string of the molecule is CN1C(=O)c2ccc(NC(=O)[C@@H](N)C(C)(C)C)cc2C1=O. The molecule has 6 nitrogen and oxygen atoms in total. The fourth-order valence-corrected chi connectivity index (χ4v) is 2.05. The summed E-state index contributed by atoms with van der Waals surface area (Å²) >= 11 is 0. The van der Waals surface area contributed by atoms with Crippen molar-refractivity contribution < 1.29 is 14.4 Å². The number of hydrogen-bond donors (Lipinski definition) is 2. The molecule has 3 amide bonds. The first kappa shape index (κ1) is 15.2. The van der Waals surface area contributed by atoms with Crippen LogP contribution in [-0.4, -0.2) is 35.7 Å². The summed E-state index contributed by atoms with van der Waals surface area (Å²) in [6, 6.07) is 3.96. The zero-order valence-corrected chi connectivity index (χ0v) is 12.6. The van der Waals surface area contributed by atoms with Crippen LogP contribution in [0.2, 0.25) is 0 Å². The van der Waals surface area contributed by atoms with Crippen LogP contribution in [0.3, 0.4) is 0 Å². The van der Waals surface area contributed by atoms with E-state index in [-0.39, 0.29) is 23.1 Å². The van der Waals surface area contributed by atoms with Crippen molar-refractivity contribution in [3.63, 3.8) is 0 Å². The smallest absolute Gasteiger partial charge is 0.261 e. The predicted molar refractivity (Wildman–Crippen MR) is 78.9 cm³/mol. The maximum absolute atomic E-state index is 12.1. The van der Waals surface area contributed by atoms with Crippen LogP contribution in [0.25, 0.3) is 0 Å². The second-order valence-electron chi connectivity index (χ2n) is 6.26. The van der Waals surface area contributed by atoms with Crippen LogP contribution in [0.5, 0.6) is 0 Å². The Morgan fingerprint density at radius 2 is 1.76 bits per heavy atom. The summed E-state index contributed by atoms with van der Waals surface area (Å²) in [5.74, 6) is -1.03. The highest BCUT2D eigenvalue weighted by Gasteiger charge is 2.33. The van der Waals surface area contributed by atoms with E-state index in [0.717, 1.165) is 4.90 Å². The normalized spacial score (nSPS) is 16.0. The number of fused-ring (bicyclic) bond motifs is 1. The Bertz CT molecular complexity index is 632. The Morgan fingerprint density at radius 1 is 1.19 bits per heavy atom. The van der Waals surface area contributed by atoms with E-state index in [2.05, 4.69) is 5.32 Å². The molecule has 3 N–H and O–H groups in total. The molecule has 112 valence electrons. The third-order valence-electron chi connectivity index (χ3n) is 3.57. The summed E-state index contributed by atoms with van der Waals surface area (Å²) in [6.07, 6.45) is 0. The van der Waals surface area contributed by atoms with Gasteiger partial charge in [-0.1, -0.05) is 20.8 Å². The molecule has 2 rings (SSSR count). The maximum Gasteiger partial charge on any atom is 0.261 e. The van der Waals surface area contributed by atoms with E-state index in [9.17, 15) is 14.4 Å². The first-order chi connectivity index (χ1) is 9.62. The molecule has 0 unspecified atom stereocenters. The zero-order valence-electron chi connectivity index (χ0n) is 12.6. The Morgan fingerprint density at radius 3 is 2.33 bits per heavy atom. The third kappa shape index (κ3) is 2.67. The van der Waals surface area contributed by atoms with Gasteiger partial charge in [-0.25, -0.2) is 0 Å². The lowest BCUT2D eigenvalue weighted by Crippen LogP contribution is -2.45. The molecule has 0 aromatic heterocycles. The predicted octanol–water partition coefficient (Wildman–Crippen LogP) is 1.22. The van der Waals surface area contributed by atoms with Gasteiger partial charge < -0.3 is 11.1 Å². The van der Waals surface area contributed by atoms with Gasteiger partial charge in [0.05, 0.1) is 17.2 Å². The molecular formula is C15H19N3O3. The van der Waals surface area contributed by atoms with E-state index >= 15 is 0 Å². The van der Waals surface area contributed by atoms with Gasteiger partial charge in [0.2, 0.25) is 5.91 Å². The zero-order chi connectivity index (χ0) is 15.9. The van der Waals surface area contributed by atoms with Crippen LogP contribution in [0, 0.1) is 5.41 Å². The summed E-state index contributed by atoms with van der Waals surface area (Å²) in [5.41, 5.74) is 6.61. The second kappa shape index (κ2) is 4.96. The molecule has 1 atom stereocenters. The average molecular weight is 289 g/mol. The van der Waals surface area contributed by atoms with E-state index < -0.39 is 6.04 Å². The molecule has 0 spiro atoms. The molecule has 1 aliphatic heterocycles. The molecule has 1 heterocycles. The molecule has 0 aliphatic carbocycles. The number of rotatable bonds is 2. The molecule has 21 heavy (non-hydrogen) atoms. The largest absolute Gasteiger partial charge is 0.325 e. The van der Waals surface area contributed by atoms with Gasteiger partial charge in [0.15, 0.2) is 0 Å². The Hall–Kier alpha value is -2.21. The fraction of sp³-hybridized carbons (Fsp3) is 0.400. The highest BCUT2D eigenvalue weighted by molar-refractivity contribution is 6.21. The van der Waals surface area contributed by atoms with Crippen molar-refractivity contribution in [1.82, 2.24) is 4.90 Å². The van der Waals surface area contributed by atoms with Crippen molar-refractivity contribution in [2.24, 2.45) is 11.1 Å². The lowest BCUT2D eigenvalue weighted by atomic mass is 9.87. The standard InChI is InChI=1S/C15H19N3O3/c1-15(2,3)11(16)12(19)17-8-5-6-9-10(7-8)14(21)18(4)13(9)20/h5-7,11H,16H2,1-4H3,(H,17,19)/t11-/m1/s1. The minimum Gasteiger partial charge on any atom is -0.325 e. The molecule has 0 bridgehead atoms. The molecular weight excluding hydrogens is 270 g/mol. The minimum absolute atomic E-state index is 0.296. The number of nitrogens with one attached hydrogen (secondary N) is 1. The number of carbonyl (C=O) groups is 3. The summed E-state index contributed by atoms with van der Waals surface area (Å²) in [6.45, 7) is 5.62. The fourth-order valence-electron chi connectivity index (χ4n) is 2.05. The van der Waals surface area contributed by atoms with Gasteiger partial charge in [-0.3, -0.25) is 19.3 Å². The summed E-state index contributed by atoms with van der Waals surface area (Å²) in [4.78, 5) is 36.8. The van der Waals surface area contributed by atoms with E-state index in [1.54, 1.807) is 6.07 Å². The van der Waals surface area contributed by atoms with Crippen LogP contribution in [0.15, 0.2) is 18.2 Å². The average Bonchev–Trinajstić information content (AvgIpc) is 2.62. The highest BCUT2D eigenvalue weighted by Crippen LogP contribution is 2.25. The lowest BCUT2D eigenvalue weighted by molar-refractivity contribution is -0.119. The van der Waals surface area contributed by atoms with Crippen molar-refractivity contribution in [2.75, 3.05) is 12.4 Å². The Balaban J connectivity index is 2.24. The molecule has 1 aromatic rings. The number of nitrogens with two attached hydrogens (primary N) is 1. The first-order valence-electron chi connectivity index (χ1n) is 6.66. The van der Waals surface area contributed by atoms with Crippen molar-refractivity contribution in [3.05, 3.63) is 29.3 Å². The van der Waals surface area contributed by atoms with Crippen LogP contribution in [0.4, 0.5) is 5.69 Å². The van der Waals surface area contributed by atoms with Gasteiger partial charge in [0.1, 0.15) is 0 Å². The van der Waals surface area contributed by atoms with Crippen LogP contribution in [-0.2, 0) is 4.79 Å². The van der Waals surface area contributed by atoms with Gasteiger partial charge in [-0.2, -0.15) is 0 Å². The van der Waals surface area contributed by atoms with Gasteiger partial charge in [0.25, 0.3) is 11.8 Å². The van der Waals surface area contributed by atoms with Crippen LogP contribution in [0.1, 0.15) is 41.5 Å². The molecule has 0 radical (unpaired) electrons. The first-order valence-corrected chi connectivity index (χ1v) is 6.66. The van der Waals surface area contributed by atoms with Crippen LogP contribution >= 0.6 is 0 Å². The quantitative estimate of drug-likeness (QED) is 0.801. The number of hydrogen-bond acceptors (Lipinski definition) is 4. The molecule has 6 heteroatoms. The number of benzene rings is 1. The van der Waals surface area contributed by atoms with Crippen molar-refractivity contribution >= 4 is 23.4 Å². The number of carbonyl (C=O) groups excluding carboxylic acids is 3. The minimum atomic E-state index is -0.675. The monoisotopic (exact) mass is 289 g/mol. The number of nitrogens with zero attached hydrogens (tertiary/aromatic N) is 1. The third-order valence-corrected chi connectivity index (χ3v) is 3.57. The molecule has 1 aliphatic rings. The topological polar surface area (TPSA) is 92.5 Å². The van der Waals surface area contributed by atoms with E-state index in [1.165, 1.54) is 19.2 Å². The Kier molecular flexibility index (Phi) is 3.59. The summed E-state index contributed by atoms with van der Waals surface area (Å²) in [5, 5.41) is 2.68. The van der Waals surface area contributed by atoms with Crippen molar-refractivity contribution in [1.29, 1.82) is 0 Å². The number of anilines is 1. The van der Waals surface area contributed by atoms with E-state index in [1.807, 2.05) is 20.8 Å². The lowest BCUT2D eigenvalue weighted by Gasteiger charge is -2.25. The maximum atomic E-state index is 12.1. The molecule has 0 saturated heterocycles. The Labute approximate surface area is 123 Å². The van der Waals surface area contributed by atoms with Gasteiger partial charge in [-0.05, 0) is 23.6 Å².